The van der Waals surface area contributed by atoms with E-state index in [0.717, 1.165) is 5.56 Å². The van der Waals surface area contributed by atoms with Crippen molar-refractivity contribution in [2.24, 2.45) is 0 Å². The molecule has 1 N–H and O–H groups in total. The van der Waals surface area contributed by atoms with Crippen LogP contribution in [-0.2, 0) is 9.53 Å². The van der Waals surface area contributed by atoms with Gasteiger partial charge < -0.3 is 14.7 Å². The Kier molecular flexibility index (Phi) is 6.78. The van der Waals surface area contributed by atoms with Crippen LogP contribution in [-0.4, -0.2) is 59.3 Å². The van der Waals surface area contributed by atoms with E-state index in [9.17, 15) is 14.7 Å². The van der Waals surface area contributed by atoms with E-state index in [1.54, 1.807) is 34.7 Å². The van der Waals surface area contributed by atoms with Crippen molar-refractivity contribution < 1.29 is 19.4 Å². The van der Waals surface area contributed by atoms with Gasteiger partial charge in [0.2, 0.25) is 5.91 Å². The van der Waals surface area contributed by atoms with Crippen LogP contribution in [0.4, 0.5) is 4.79 Å². The summed E-state index contributed by atoms with van der Waals surface area (Å²) in [6.07, 6.45) is -0.558. The molecule has 6 nitrogen and oxygen atoms in total. The SMILES string of the molecule is C[C@@H](C(=O)N(C)[C@@H](CO)c1ccccc1)N(C)C(=O)OC(C)(C)C. The summed E-state index contributed by atoms with van der Waals surface area (Å²) in [5.41, 5.74) is 0.209. The van der Waals surface area contributed by atoms with E-state index in [1.807, 2.05) is 30.3 Å². The molecule has 2 amide bonds. The lowest BCUT2D eigenvalue weighted by atomic mass is 10.1. The summed E-state index contributed by atoms with van der Waals surface area (Å²) in [5, 5.41) is 9.68. The fourth-order valence-electron chi connectivity index (χ4n) is 2.23. The van der Waals surface area contributed by atoms with Gasteiger partial charge in [-0.3, -0.25) is 9.69 Å². The van der Waals surface area contributed by atoms with Gasteiger partial charge in [0.1, 0.15) is 11.6 Å². The number of likely N-dealkylation sites (N-methyl/N-ethyl adjacent to an activating group) is 2. The second kappa shape index (κ2) is 8.15. The largest absolute Gasteiger partial charge is 0.444 e. The first-order valence-corrected chi connectivity index (χ1v) is 7.96. The minimum Gasteiger partial charge on any atom is -0.444 e. The minimum atomic E-state index is -0.706. The number of ether oxygens (including phenoxy) is 1. The number of hydrogen-bond donors (Lipinski definition) is 1. The van der Waals surface area contributed by atoms with Gasteiger partial charge in [0.25, 0.3) is 0 Å². The zero-order valence-corrected chi connectivity index (χ0v) is 15.3. The maximum Gasteiger partial charge on any atom is 0.410 e. The molecule has 0 saturated heterocycles. The third-order valence-electron chi connectivity index (χ3n) is 3.79. The molecule has 0 spiro atoms. The molecule has 0 radical (unpaired) electrons. The number of aliphatic hydroxyl groups excluding tert-OH is 1. The molecule has 2 atom stereocenters. The molecule has 0 aliphatic rings. The van der Waals surface area contributed by atoms with Gasteiger partial charge in [-0.1, -0.05) is 30.3 Å². The van der Waals surface area contributed by atoms with Crippen molar-refractivity contribution in [3.05, 3.63) is 35.9 Å². The number of amides is 2. The average Bonchev–Trinajstić information content (AvgIpc) is 2.52. The molecular weight excluding hydrogens is 308 g/mol. The van der Waals surface area contributed by atoms with Gasteiger partial charge in [0.15, 0.2) is 0 Å². The summed E-state index contributed by atoms with van der Waals surface area (Å²) < 4.78 is 5.29. The number of carbonyl (C=O) groups is 2. The van der Waals surface area contributed by atoms with Gasteiger partial charge in [-0.2, -0.15) is 0 Å². The number of hydrogen-bond acceptors (Lipinski definition) is 4. The Morgan fingerprint density at radius 3 is 2.12 bits per heavy atom. The molecule has 0 fully saturated rings. The van der Waals surface area contributed by atoms with Crippen LogP contribution in [0.3, 0.4) is 0 Å². The summed E-state index contributed by atoms with van der Waals surface area (Å²) in [6.45, 7) is 6.76. The summed E-state index contributed by atoms with van der Waals surface area (Å²) in [4.78, 5) is 27.5. The molecule has 0 unspecified atom stereocenters. The predicted octanol–water partition coefficient (Wildman–Crippen LogP) is 2.43. The van der Waals surface area contributed by atoms with E-state index in [-0.39, 0.29) is 12.5 Å². The minimum absolute atomic E-state index is 0.199. The molecule has 0 saturated carbocycles. The van der Waals surface area contributed by atoms with Gasteiger partial charge in [0.05, 0.1) is 12.6 Å². The molecule has 0 aromatic heterocycles. The monoisotopic (exact) mass is 336 g/mol. The van der Waals surface area contributed by atoms with E-state index in [4.69, 9.17) is 4.74 Å². The molecule has 1 rings (SSSR count). The number of nitrogens with zero attached hydrogens (tertiary/aromatic N) is 2. The van der Waals surface area contributed by atoms with Crippen LogP contribution >= 0.6 is 0 Å². The fourth-order valence-corrected chi connectivity index (χ4v) is 2.23. The first-order valence-electron chi connectivity index (χ1n) is 7.96. The molecule has 0 bridgehead atoms. The molecule has 1 aromatic rings. The first-order chi connectivity index (χ1) is 11.1. The number of carbonyl (C=O) groups excluding carboxylic acids is 2. The van der Waals surface area contributed by atoms with Crippen LogP contribution in [0.1, 0.15) is 39.3 Å². The number of benzene rings is 1. The van der Waals surface area contributed by atoms with Crippen molar-refractivity contribution >= 4 is 12.0 Å². The number of aliphatic hydroxyl groups is 1. The van der Waals surface area contributed by atoms with Gasteiger partial charge in [-0.05, 0) is 33.3 Å². The van der Waals surface area contributed by atoms with Gasteiger partial charge in [0, 0.05) is 14.1 Å². The van der Waals surface area contributed by atoms with Crippen molar-refractivity contribution in [2.45, 2.75) is 45.4 Å². The Morgan fingerprint density at radius 2 is 1.67 bits per heavy atom. The molecule has 6 heteroatoms. The Hall–Kier alpha value is -2.08. The summed E-state index contributed by atoms with van der Waals surface area (Å²) in [7, 11) is 3.15. The molecule has 0 heterocycles. The van der Waals surface area contributed by atoms with Crippen LogP contribution in [0.2, 0.25) is 0 Å². The lowest BCUT2D eigenvalue weighted by Gasteiger charge is -2.33. The standard InChI is InChI=1S/C18H28N2O4/c1-13(19(5)17(23)24-18(2,3)4)16(22)20(6)15(12-21)14-10-8-7-9-11-14/h7-11,13,15,21H,12H2,1-6H3/t13-,15-/m0/s1. The van der Waals surface area contributed by atoms with Gasteiger partial charge in [-0.15, -0.1) is 0 Å². The topological polar surface area (TPSA) is 70.1 Å². The van der Waals surface area contributed by atoms with E-state index in [1.165, 1.54) is 16.8 Å². The third-order valence-corrected chi connectivity index (χ3v) is 3.79. The van der Waals surface area contributed by atoms with Crippen LogP contribution < -0.4 is 0 Å². The highest BCUT2D eigenvalue weighted by molar-refractivity contribution is 5.85. The lowest BCUT2D eigenvalue weighted by Crippen LogP contribution is -2.49. The Bertz CT molecular complexity index is 554. The van der Waals surface area contributed by atoms with Crippen molar-refractivity contribution in [3.63, 3.8) is 0 Å². The second-order valence-electron chi connectivity index (χ2n) is 6.83. The predicted molar refractivity (Wildman–Crippen MR) is 92.5 cm³/mol. The zero-order chi connectivity index (χ0) is 18.5. The van der Waals surface area contributed by atoms with Crippen molar-refractivity contribution in [1.82, 2.24) is 9.80 Å². The van der Waals surface area contributed by atoms with Gasteiger partial charge >= 0.3 is 6.09 Å². The Labute approximate surface area is 144 Å². The fraction of sp³-hybridized carbons (Fsp3) is 0.556. The van der Waals surface area contributed by atoms with Crippen LogP contribution in [0.15, 0.2) is 30.3 Å². The van der Waals surface area contributed by atoms with Crippen molar-refractivity contribution in [3.8, 4) is 0 Å². The maximum atomic E-state index is 12.7. The normalized spacial score (nSPS) is 13.8. The quantitative estimate of drug-likeness (QED) is 0.896. The van der Waals surface area contributed by atoms with Crippen LogP contribution in [0.5, 0.6) is 0 Å². The third kappa shape index (κ3) is 5.23. The highest BCUT2D eigenvalue weighted by Gasteiger charge is 2.31. The molecule has 1 aromatic carbocycles. The zero-order valence-electron chi connectivity index (χ0n) is 15.3. The van der Waals surface area contributed by atoms with Crippen LogP contribution in [0, 0.1) is 0 Å². The van der Waals surface area contributed by atoms with E-state index >= 15 is 0 Å². The van der Waals surface area contributed by atoms with E-state index in [2.05, 4.69) is 0 Å². The average molecular weight is 336 g/mol. The summed E-state index contributed by atoms with van der Waals surface area (Å²) in [6, 6.07) is 8.12. The molecule has 24 heavy (non-hydrogen) atoms. The van der Waals surface area contributed by atoms with E-state index < -0.39 is 23.8 Å². The number of rotatable bonds is 5. The first kappa shape index (κ1) is 20.0. The van der Waals surface area contributed by atoms with Crippen LogP contribution in [0.25, 0.3) is 0 Å². The summed E-state index contributed by atoms with van der Waals surface area (Å²) >= 11 is 0. The molecule has 0 aliphatic heterocycles. The lowest BCUT2D eigenvalue weighted by molar-refractivity contribution is -0.137. The highest BCUT2D eigenvalue weighted by Crippen LogP contribution is 2.20. The summed E-state index contributed by atoms with van der Waals surface area (Å²) in [5.74, 6) is -0.272. The van der Waals surface area contributed by atoms with Gasteiger partial charge in [-0.25, -0.2) is 4.79 Å². The highest BCUT2D eigenvalue weighted by atomic mass is 16.6. The van der Waals surface area contributed by atoms with Crippen molar-refractivity contribution in [2.75, 3.05) is 20.7 Å². The maximum absolute atomic E-state index is 12.7. The molecule has 134 valence electrons. The van der Waals surface area contributed by atoms with Crippen molar-refractivity contribution in [1.29, 1.82) is 0 Å². The second-order valence-corrected chi connectivity index (χ2v) is 6.83. The molecule has 0 aliphatic carbocycles. The van der Waals surface area contributed by atoms with E-state index in [0.29, 0.717) is 0 Å². The smallest absolute Gasteiger partial charge is 0.410 e. The Morgan fingerprint density at radius 1 is 1.12 bits per heavy atom. The Balaban J connectivity index is 2.85. The molecular formula is C18H28N2O4.